The van der Waals surface area contributed by atoms with Crippen molar-refractivity contribution in [3.8, 4) is 0 Å². The van der Waals surface area contributed by atoms with Gasteiger partial charge in [-0.05, 0) is 24.1 Å². The van der Waals surface area contributed by atoms with Crippen LogP contribution in [0, 0.1) is 0 Å². The highest BCUT2D eigenvalue weighted by molar-refractivity contribution is 6.30. The van der Waals surface area contributed by atoms with Gasteiger partial charge >= 0.3 is 0 Å². The largest absolute Gasteiger partial charge is 0.361 e. The zero-order chi connectivity index (χ0) is 13.7. The normalized spacial score (nSPS) is 10.4. The number of hydrogen-bond donors (Lipinski definition) is 1. The number of rotatable bonds is 5. The highest BCUT2D eigenvalue weighted by Crippen LogP contribution is 2.11. The summed E-state index contributed by atoms with van der Waals surface area (Å²) in [5, 5.41) is 3.74. The molecule has 0 saturated carbocycles. The van der Waals surface area contributed by atoms with Crippen LogP contribution in [0.25, 0.3) is 0 Å². The smallest absolute Gasteiger partial charge is 0.293 e. The number of benzene rings is 1. The summed E-state index contributed by atoms with van der Waals surface area (Å²) in [6, 6.07) is 7.52. The van der Waals surface area contributed by atoms with Crippen molar-refractivity contribution in [1.82, 2.24) is 9.55 Å². The number of anilines is 1. The topological polar surface area (TPSA) is 46.9 Å². The summed E-state index contributed by atoms with van der Waals surface area (Å²) in [7, 11) is 0. The van der Waals surface area contributed by atoms with Gasteiger partial charge in [-0.15, -0.1) is 0 Å². The second-order valence-electron chi connectivity index (χ2n) is 4.26. The molecule has 5 heteroatoms. The van der Waals surface area contributed by atoms with E-state index < -0.39 is 0 Å². The van der Waals surface area contributed by atoms with Crippen LogP contribution in [0.2, 0.25) is 5.02 Å². The van der Waals surface area contributed by atoms with E-state index in [2.05, 4.69) is 10.3 Å². The average molecular weight is 278 g/mol. The van der Waals surface area contributed by atoms with Crippen molar-refractivity contribution in [3.63, 3.8) is 0 Å². The summed E-state index contributed by atoms with van der Waals surface area (Å²) in [6.07, 6.45) is 4.26. The Kier molecular flexibility index (Phi) is 4.58. The molecule has 2 rings (SSSR count). The first-order chi connectivity index (χ1) is 9.20. The molecule has 0 aliphatic heterocycles. The number of aryl methyl sites for hydroxylation is 1. The molecule has 0 unspecified atom stereocenters. The molecule has 2 aromatic rings. The maximum absolute atomic E-state index is 12.1. The van der Waals surface area contributed by atoms with Gasteiger partial charge in [0.05, 0.1) is 0 Å². The minimum atomic E-state index is -0.0913. The molecule has 0 radical (unpaired) electrons. The van der Waals surface area contributed by atoms with Crippen molar-refractivity contribution in [1.29, 1.82) is 0 Å². The van der Waals surface area contributed by atoms with Crippen molar-refractivity contribution < 1.29 is 0 Å². The van der Waals surface area contributed by atoms with Crippen LogP contribution < -0.4 is 10.9 Å². The monoisotopic (exact) mass is 277 g/mol. The summed E-state index contributed by atoms with van der Waals surface area (Å²) in [6.45, 7) is 3.26. The lowest BCUT2D eigenvalue weighted by Gasteiger charge is -2.08. The van der Waals surface area contributed by atoms with Gasteiger partial charge in [0.15, 0.2) is 5.82 Å². The third-order valence-electron chi connectivity index (χ3n) is 2.73. The molecule has 1 heterocycles. The molecule has 0 fully saturated rings. The Morgan fingerprint density at radius 3 is 3.00 bits per heavy atom. The van der Waals surface area contributed by atoms with Crippen LogP contribution in [-0.4, -0.2) is 9.55 Å². The molecule has 0 bridgehead atoms. The zero-order valence-electron chi connectivity index (χ0n) is 10.8. The van der Waals surface area contributed by atoms with Crippen LogP contribution >= 0.6 is 11.6 Å². The summed E-state index contributed by atoms with van der Waals surface area (Å²) >= 11 is 5.92. The maximum Gasteiger partial charge on any atom is 0.293 e. The van der Waals surface area contributed by atoms with Gasteiger partial charge in [-0.1, -0.05) is 30.7 Å². The lowest BCUT2D eigenvalue weighted by molar-refractivity contribution is 0.649. The number of nitrogens with one attached hydrogen (secondary N) is 1. The van der Waals surface area contributed by atoms with Gasteiger partial charge in [0.1, 0.15) is 0 Å². The maximum atomic E-state index is 12.1. The van der Waals surface area contributed by atoms with E-state index in [1.165, 1.54) is 0 Å². The first-order valence-corrected chi connectivity index (χ1v) is 6.62. The predicted octanol–water partition coefficient (Wildman–Crippen LogP) is 2.92. The molecule has 0 atom stereocenters. The molecule has 19 heavy (non-hydrogen) atoms. The molecule has 1 aromatic carbocycles. The molecule has 0 saturated heterocycles. The Morgan fingerprint density at radius 1 is 1.42 bits per heavy atom. The second kappa shape index (κ2) is 6.38. The van der Waals surface area contributed by atoms with Crippen molar-refractivity contribution in [3.05, 3.63) is 57.6 Å². The molecule has 0 amide bonds. The Labute approximate surface area is 117 Å². The fraction of sp³-hybridized carbons (Fsp3) is 0.286. The number of halogens is 1. The summed E-state index contributed by atoms with van der Waals surface area (Å²) < 4.78 is 1.66. The first kappa shape index (κ1) is 13.6. The average Bonchev–Trinajstić information content (AvgIpc) is 2.40. The third-order valence-corrected chi connectivity index (χ3v) is 2.96. The van der Waals surface area contributed by atoms with E-state index in [0.717, 1.165) is 12.0 Å². The second-order valence-corrected chi connectivity index (χ2v) is 4.69. The van der Waals surface area contributed by atoms with Gasteiger partial charge < -0.3 is 9.88 Å². The Hall–Kier alpha value is -1.81. The number of hydrogen-bond acceptors (Lipinski definition) is 3. The van der Waals surface area contributed by atoms with Crippen LogP contribution in [-0.2, 0) is 13.1 Å². The molecular formula is C14H16ClN3O. The number of aromatic nitrogens is 2. The van der Waals surface area contributed by atoms with E-state index in [1.54, 1.807) is 17.0 Å². The van der Waals surface area contributed by atoms with Crippen LogP contribution in [0.5, 0.6) is 0 Å². The van der Waals surface area contributed by atoms with Crippen LogP contribution in [0.4, 0.5) is 5.82 Å². The van der Waals surface area contributed by atoms with E-state index in [-0.39, 0.29) is 5.56 Å². The predicted molar refractivity (Wildman–Crippen MR) is 77.6 cm³/mol. The van der Waals surface area contributed by atoms with Gasteiger partial charge in [-0.2, -0.15) is 0 Å². The van der Waals surface area contributed by atoms with Crippen LogP contribution in [0.3, 0.4) is 0 Å². The van der Waals surface area contributed by atoms with Crippen LogP contribution in [0.1, 0.15) is 18.9 Å². The number of nitrogens with zero attached hydrogens (tertiary/aromatic N) is 2. The van der Waals surface area contributed by atoms with E-state index in [1.807, 2.05) is 31.2 Å². The molecular weight excluding hydrogens is 262 g/mol. The van der Waals surface area contributed by atoms with Crippen LogP contribution in [0.15, 0.2) is 41.5 Å². The quantitative estimate of drug-likeness (QED) is 0.914. The fourth-order valence-corrected chi connectivity index (χ4v) is 2.03. The van der Waals surface area contributed by atoms with Crippen molar-refractivity contribution >= 4 is 17.4 Å². The molecule has 4 nitrogen and oxygen atoms in total. The minimum absolute atomic E-state index is 0.0913. The van der Waals surface area contributed by atoms with Crippen molar-refractivity contribution in [2.24, 2.45) is 0 Å². The van der Waals surface area contributed by atoms with Crippen molar-refractivity contribution in [2.75, 3.05) is 5.32 Å². The van der Waals surface area contributed by atoms with Gasteiger partial charge in [-0.3, -0.25) is 4.79 Å². The lowest BCUT2D eigenvalue weighted by Crippen LogP contribution is -2.24. The summed E-state index contributed by atoms with van der Waals surface area (Å²) in [5.74, 6) is 0.371. The van der Waals surface area contributed by atoms with Gasteiger partial charge in [-0.25, -0.2) is 4.98 Å². The Balaban J connectivity index is 2.11. The fourth-order valence-electron chi connectivity index (χ4n) is 1.82. The van der Waals surface area contributed by atoms with Gasteiger partial charge in [0.25, 0.3) is 5.56 Å². The SMILES string of the molecule is CCCn1ccnc(NCc2cccc(Cl)c2)c1=O. The van der Waals surface area contributed by atoms with E-state index in [0.29, 0.717) is 23.9 Å². The molecule has 100 valence electrons. The van der Waals surface area contributed by atoms with E-state index in [4.69, 9.17) is 11.6 Å². The highest BCUT2D eigenvalue weighted by atomic mass is 35.5. The Bertz CT molecular complexity index is 610. The summed E-state index contributed by atoms with van der Waals surface area (Å²) in [4.78, 5) is 16.1. The minimum Gasteiger partial charge on any atom is -0.361 e. The molecule has 1 aromatic heterocycles. The van der Waals surface area contributed by atoms with E-state index >= 15 is 0 Å². The molecule has 1 N–H and O–H groups in total. The summed E-state index contributed by atoms with van der Waals surface area (Å²) in [5.41, 5.74) is 0.922. The van der Waals surface area contributed by atoms with Crippen molar-refractivity contribution in [2.45, 2.75) is 26.4 Å². The Morgan fingerprint density at radius 2 is 2.26 bits per heavy atom. The van der Waals surface area contributed by atoms with E-state index in [9.17, 15) is 4.79 Å². The van der Waals surface area contributed by atoms with Gasteiger partial charge in [0.2, 0.25) is 0 Å². The zero-order valence-corrected chi connectivity index (χ0v) is 11.5. The molecule has 0 aliphatic carbocycles. The van der Waals surface area contributed by atoms with Gasteiger partial charge in [0, 0.05) is 30.5 Å². The standard InChI is InChI=1S/C14H16ClN3O/c1-2-7-18-8-6-16-13(14(18)19)17-10-11-4-3-5-12(15)9-11/h3-6,8-9H,2,7,10H2,1H3,(H,16,17). The highest BCUT2D eigenvalue weighted by Gasteiger charge is 2.04. The lowest BCUT2D eigenvalue weighted by atomic mass is 10.2. The third kappa shape index (κ3) is 3.58. The first-order valence-electron chi connectivity index (χ1n) is 6.24. The molecule has 0 aliphatic rings. The molecule has 0 spiro atoms.